The molecule has 1 saturated carbocycles. The Labute approximate surface area is 154 Å². The lowest BCUT2D eigenvalue weighted by molar-refractivity contribution is 0.626. The zero-order valence-electron chi connectivity index (χ0n) is 14.5. The number of rotatable bonds is 6. The summed E-state index contributed by atoms with van der Waals surface area (Å²) in [6, 6.07) is 12.3. The molecule has 1 aromatic carbocycles. The van der Waals surface area contributed by atoms with Gasteiger partial charge in [-0.15, -0.1) is 5.10 Å². The Morgan fingerprint density at radius 1 is 1.19 bits per heavy atom. The first-order valence-electron chi connectivity index (χ1n) is 8.91. The average molecular weight is 363 g/mol. The molecule has 0 spiro atoms. The van der Waals surface area contributed by atoms with Gasteiger partial charge in [0, 0.05) is 30.4 Å². The molecule has 0 atom stereocenters. The molecule has 0 aliphatic heterocycles. The fraction of sp³-hybridized carbons (Fsp3) is 0.211. The van der Waals surface area contributed by atoms with Gasteiger partial charge in [0.2, 0.25) is 5.95 Å². The predicted molar refractivity (Wildman–Crippen MR) is 101 cm³/mol. The maximum absolute atomic E-state index is 13.4. The average Bonchev–Trinajstić information content (AvgIpc) is 3.22. The van der Waals surface area contributed by atoms with Gasteiger partial charge in [0.25, 0.3) is 0 Å². The van der Waals surface area contributed by atoms with E-state index in [2.05, 4.69) is 30.9 Å². The van der Waals surface area contributed by atoms with Crippen molar-refractivity contribution in [3.63, 3.8) is 0 Å². The third-order valence-electron chi connectivity index (χ3n) is 4.59. The zero-order valence-corrected chi connectivity index (χ0v) is 14.5. The first kappa shape index (κ1) is 15.8. The molecule has 136 valence electrons. The second-order valence-corrected chi connectivity index (χ2v) is 6.71. The van der Waals surface area contributed by atoms with Crippen LogP contribution < -0.4 is 10.6 Å². The Kier molecular flexibility index (Phi) is 3.74. The molecule has 0 amide bonds. The summed E-state index contributed by atoms with van der Waals surface area (Å²) in [5.41, 5.74) is 2.83. The van der Waals surface area contributed by atoms with Crippen LogP contribution >= 0.6 is 0 Å². The Hall–Kier alpha value is -3.42. The minimum Gasteiger partial charge on any atom is -0.364 e. The van der Waals surface area contributed by atoms with Gasteiger partial charge in [0.05, 0.1) is 0 Å². The Morgan fingerprint density at radius 2 is 2.11 bits per heavy atom. The van der Waals surface area contributed by atoms with E-state index in [-0.39, 0.29) is 5.82 Å². The number of nitrogens with one attached hydrogen (secondary N) is 3. The molecule has 0 bridgehead atoms. The van der Waals surface area contributed by atoms with Crippen molar-refractivity contribution < 1.29 is 4.39 Å². The predicted octanol–water partition coefficient (Wildman–Crippen LogP) is 3.82. The highest BCUT2D eigenvalue weighted by molar-refractivity contribution is 5.69. The van der Waals surface area contributed by atoms with Gasteiger partial charge < -0.3 is 10.6 Å². The number of nitrogens with zero attached hydrogens (tertiary/aromatic N) is 4. The van der Waals surface area contributed by atoms with E-state index < -0.39 is 0 Å². The lowest BCUT2D eigenvalue weighted by Crippen LogP contribution is -2.08. The minimum atomic E-state index is -0.253. The number of hydrogen-bond donors (Lipinski definition) is 3. The second-order valence-electron chi connectivity index (χ2n) is 6.71. The SMILES string of the molecule is Fc1cccc(CNc2nc(Nc3cc(C4CC4)[nH]n3)nn3cccc23)c1. The van der Waals surface area contributed by atoms with Crippen molar-refractivity contribution in [1.29, 1.82) is 0 Å². The van der Waals surface area contributed by atoms with Crippen molar-refractivity contribution in [3.05, 3.63) is 65.7 Å². The van der Waals surface area contributed by atoms with Crippen LogP contribution in [-0.4, -0.2) is 24.8 Å². The molecule has 1 aliphatic rings. The van der Waals surface area contributed by atoms with E-state index in [4.69, 9.17) is 0 Å². The highest BCUT2D eigenvalue weighted by Crippen LogP contribution is 2.39. The lowest BCUT2D eigenvalue weighted by atomic mass is 10.2. The number of anilines is 3. The molecular formula is C19H18FN7. The summed E-state index contributed by atoms with van der Waals surface area (Å²) in [7, 11) is 0. The number of aromatic amines is 1. The first-order valence-corrected chi connectivity index (χ1v) is 8.91. The largest absolute Gasteiger partial charge is 0.364 e. The molecule has 27 heavy (non-hydrogen) atoms. The molecule has 0 saturated heterocycles. The van der Waals surface area contributed by atoms with Crippen molar-refractivity contribution in [2.24, 2.45) is 0 Å². The third-order valence-corrected chi connectivity index (χ3v) is 4.59. The van der Waals surface area contributed by atoms with Gasteiger partial charge in [-0.2, -0.15) is 10.1 Å². The Morgan fingerprint density at radius 3 is 2.96 bits per heavy atom. The Bertz CT molecular complexity index is 1100. The number of hydrogen-bond acceptors (Lipinski definition) is 5. The van der Waals surface area contributed by atoms with E-state index in [9.17, 15) is 4.39 Å². The van der Waals surface area contributed by atoms with Crippen molar-refractivity contribution >= 4 is 23.1 Å². The molecule has 3 heterocycles. The summed E-state index contributed by atoms with van der Waals surface area (Å²) in [6.07, 6.45) is 4.28. The minimum absolute atomic E-state index is 0.253. The van der Waals surface area contributed by atoms with Crippen LogP contribution in [0, 0.1) is 5.82 Å². The van der Waals surface area contributed by atoms with Gasteiger partial charge in [-0.3, -0.25) is 5.10 Å². The van der Waals surface area contributed by atoms with Crippen molar-refractivity contribution in [2.45, 2.75) is 25.3 Å². The van der Waals surface area contributed by atoms with Crippen molar-refractivity contribution in [2.75, 3.05) is 10.6 Å². The molecule has 8 heteroatoms. The van der Waals surface area contributed by atoms with Crippen LogP contribution in [0.5, 0.6) is 0 Å². The molecule has 3 aromatic heterocycles. The fourth-order valence-corrected chi connectivity index (χ4v) is 3.07. The summed E-state index contributed by atoms with van der Waals surface area (Å²) < 4.78 is 15.1. The van der Waals surface area contributed by atoms with Gasteiger partial charge in [-0.25, -0.2) is 8.91 Å². The highest BCUT2D eigenvalue weighted by Gasteiger charge is 2.25. The van der Waals surface area contributed by atoms with E-state index in [0.717, 1.165) is 16.8 Å². The molecular weight excluding hydrogens is 345 g/mol. The Balaban J connectivity index is 1.40. The fourth-order valence-electron chi connectivity index (χ4n) is 3.07. The number of halogens is 1. The van der Waals surface area contributed by atoms with E-state index in [1.807, 2.05) is 30.5 Å². The van der Waals surface area contributed by atoms with E-state index in [1.54, 1.807) is 10.6 Å². The van der Waals surface area contributed by atoms with Crippen LogP contribution in [0.4, 0.5) is 22.0 Å². The monoisotopic (exact) mass is 363 g/mol. The first-order chi connectivity index (χ1) is 13.2. The summed E-state index contributed by atoms with van der Waals surface area (Å²) in [5.74, 6) is 2.15. The van der Waals surface area contributed by atoms with Crippen LogP contribution in [0.15, 0.2) is 48.7 Å². The second kappa shape index (κ2) is 6.39. The maximum atomic E-state index is 13.4. The molecule has 5 rings (SSSR count). The van der Waals surface area contributed by atoms with Crippen molar-refractivity contribution in [1.82, 2.24) is 24.8 Å². The van der Waals surface area contributed by atoms with Gasteiger partial charge in [0.1, 0.15) is 11.3 Å². The van der Waals surface area contributed by atoms with Crippen LogP contribution in [0.3, 0.4) is 0 Å². The maximum Gasteiger partial charge on any atom is 0.248 e. The van der Waals surface area contributed by atoms with E-state index >= 15 is 0 Å². The molecule has 0 radical (unpaired) electrons. The van der Waals surface area contributed by atoms with Crippen molar-refractivity contribution in [3.8, 4) is 0 Å². The standard InChI is InChI=1S/C19H18FN7/c20-14-4-1-3-12(9-14)11-21-18-16-5-2-8-27(16)26-19(23-18)22-17-10-15(24-25-17)13-6-7-13/h1-5,8-10,13H,6-7,11H2,(H3,21,22,23,24,25,26). The lowest BCUT2D eigenvalue weighted by Gasteiger charge is -2.10. The molecule has 1 fully saturated rings. The molecule has 7 nitrogen and oxygen atoms in total. The van der Waals surface area contributed by atoms with Gasteiger partial charge >= 0.3 is 0 Å². The number of aromatic nitrogens is 5. The smallest absolute Gasteiger partial charge is 0.248 e. The van der Waals surface area contributed by atoms with Crippen LogP contribution in [0.1, 0.15) is 30.0 Å². The van der Waals surface area contributed by atoms with Crippen LogP contribution in [0.2, 0.25) is 0 Å². The normalized spacial score (nSPS) is 13.8. The van der Waals surface area contributed by atoms with Gasteiger partial charge in [-0.1, -0.05) is 12.1 Å². The van der Waals surface area contributed by atoms with Gasteiger partial charge in [-0.05, 0) is 42.7 Å². The quantitative estimate of drug-likeness (QED) is 0.485. The highest BCUT2D eigenvalue weighted by atomic mass is 19.1. The topological polar surface area (TPSA) is 82.9 Å². The number of benzene rings is 1. The van der Waals surface area contributed by atoms with Crippen LogP contribution in [-0.2, 0) is 6.54 Å². The molecule has 0 unspecified atom stereocenters. The van der Waals surface area contributed by atoms with Gasteiger partial charge in [0.15, 0.2) is 11.6 Å². The molecule has 3 N–H and O–H groups in total. The summed E-state index contributed by atoms with van der Waals surface area (Å²) >= 11 is 0. The zero-order chi connectivity index (χ0) is 18.2. The number of fused-ring (bicyclic) bond motifs is 1. The summed E-state index contributed by atoms with van der Waals surface area (Å²) in [4.78, 5) is 4.57. The summed E-state index contributed by atoms with van der Waals surface area (Å²) in [6.45, 7) is 0.462. The molecule has 1 aliphatic carbocycles. The van der Waals surface area contributed by atoms with Crippen LogP contribution in [0.25, 0.3) is 5.52 Å². The summed E-state index contributed by atoms with van der Waals surface area (Å²) in [5, 5.41) is 18.2. The number of H-pyrrole nitrogens is 1. The molecule has 4 aromatic rings. The third kappa shape index (κ3) is 3.33. The van der Waals surface area contributed by atoms with E-state index in [0.29, 0.717) is 30.0 Å². The van der Waals surface area contributed by atoms with E-state index in [1.165, 1.54) is 25.0 Å².